The zero-order valence-corrected chi connectivity index (χ0v) is 11.9. The third kappa shape index (κ3) is 3.41. The summed E-state index contributed by atoms with van der Waals surface area (Å²) in [7, 11) is 0. The van der Waals surface area contributed by atoms with Crippen molar-refractivity contribution in [3.05, 3.63) is 69.5 Å². The molecule has 0 aliphatic heterocycles. The number of hydrogen-bond acceptors (Lipinski definition) is 4. The molecule has 0 radical (unpaired) electrons. The molecule has 6 nitrogen and oxygen atoms in total. The van der Waals surface area contributed by atoms with Gasteiger partial charge in [-0.3, -0.25) is 14.9 Å². The average molecular weight is 319 g/mol. The van der Waals surface area contributed by atoms with Gasteiger partial charge in [0.25, 0.3) is 5.91 Å². The van der Waals surface area contributed by atoms with Gasteiger partial charge in [-0.25, -0.2) is 0 Å². The Hall–Kier alpha value is -2.87. The largest absolute Gasteiger partial charge is 0.389 e. The number of hydrogen-bond donors (Lipinski definition) is 2. The summed E-state index contributed by atoms with van der Waals surface area (Å²) >= 11 is 4.80. The lowest BCUT2D eigenvalue weighted by Gasteiger charge is -2.06. The van der Waals surface area contributed by atoms with Gasteiger partial charge in [-0.2, -0.15) is 4.39 Å². The quantitative estimate of drug-likeness (QED) is 0.513. The maximum Gasteiger partial charge on any atom is 0.306 e. The van der Waals surface area contributed by atoms with Crippen LogP contribution >= 0.6 is 12.2 Å². The second kappa shape index (κ2) is 6.27. The molecule has 2 rings (SSSR count). The molecule has 2 aromatic rings. The third-order valence-electron chi connectivity index (χ3n) is 2.83. The predicted molar refractivity (Wildman–Crippen MR) is 83.3 cm³/mol. The van der Waals surface area contributed by atoms with Gasteiger partial charge in [0.05, 0.1) is 4.92 Å². The van der Waals surface area contributed by atoms with Crippen LogP contribution in [0.3, 0.4) is 0 Å². The van der Waals surface area contributed by atoms with E-state index in [-0.39, 0.29) is 10.7 Å². The minimum atomic E-state index is -0.969. The molecule has 1 amide bonds. The first kappa shape index (κ1) is 15.5. The number of thiocarbonyl (C=S) groups is 1. The monoisotopic (exact) mass is 319 g/mol. The van der Waals surface area contributed by atoms with Crippen molar-refractivity contribution in [3.63, 3.8) is 0 Å². The molecule has 0 atom stereocenters. The van der Waals surface area contributed by atoms with Gasteiger partial charge in [-0.1, -0.05) is 24.4 Å². The fourth-order valence-corrected chi connectivity index (χ4v) is 1.86. The van der Waals surface area contributed by atoms with E-state index >= 15 is 0 Å². The maximum absolute atomic E-state index is 13.2. The predicted octanol–water partition coefficient (Wildman–Crippen LogP) is 2.62. The lowest BCUT2D eigenvalue weighted by molar-refractivity contribution is -0.387. The molecule has 22 heavy (non-hydrogen) atoms. The Bertz CT molecular complexity index is 762. The van der Waals surface area contributed by atoms with E-state index in [9.17, 15) is 19.3 Å². The number of amides is 1. The van der Waals surface area contributed by atoms with E-state index in [0.717, 1.165) is 12.1 Å². The van der Waals surface area contributed by atoms with Crippen molar-refractivity contribution in [1.82, 2.24) is 0 Å². The zero-order valence-electron chi connectivity index (χ0n) is 11.1. The van der Waals surface area contributed by atoms with Crippen molar-refractivity contribution >= 4 is 34.5 Å². The highest BCUT2D eigenvalue weighted by atomic mass is 32.1. The molecular weight excluding hydrogens is 309 g/mol. The van der Waals surface area contributed by atoms with Gasteiger partial charge < -0.3 is 11.1 Å². The van der Waals surface area contributed by atoms with Gasteiger partial charge in [-0.15, -0.1) is 0 Å². The molecule has 0 aromatic heterocycles. The van der Waals surface area contributed by atoms with Crippen LogP contribution in [0.25, 0.3) is 0 Å². The average Bonchev–Trinajstić information content (AvgIpc) is 2.49. The first-order chi connectivity index (χ1) is 10.4. The molecule has 0 spiro atoms. The molecule has 0 aliphatic rings. The van der Waals surface area contributed by atoms with Crippen molar-refractivity contribution in [3.8, 4) is 0 Å². The van der Waals surface area contributed by atoms with Crippen LogP contribution in [0.2, 0.25) is 0 Å². The minimum absolute atomic E-state index is 0.122. The summed E-state index contributed by atoms with van der Waals surface area (Å²) < 4.78 is 13.2. The summed E-state index contributed by atoms with van der Waals surface area (Å²) in [5, 5.41) is 13.1. The maximum atomic E-state index is 13.2. The third-order valence-corrected chi connectivity index (χ3v) is 3.07. The molecule has 8 heteroatoms. The van der Waals surface area contributed by atoms with Crippen LogP contribution in [0.15, 0.2) is 42.5 Å². The molecule has 3 N–H and O–H groups in total. The SMILES string of the molecule is NC(=S)c1ccc(C(=O)Nc2ccc(F)c([N+](=O)[O-])c2)cc1. The van der Waals surface area contributed by atoms with Crippen LogP contribution in [0.5, 0.6) is 0 Å². The fraction of sp³-hybridized carbons (Fsp3) is 0. The number of anilines is 1. The summed E-state index contributed by atoms with van der Waals surface area (Å²) in [6.07, 6.45) is 0. The summed E-state index contributed by atoms with van der Waals surface area (Å²) in [4.78, 5) is 22.0. The first-order valence-electron chi connectivity index (χ1n) is 6.03. The zero-order chi connectivity index (χ0) is 16.3. The van der Waals surface area contributed by atoms with Crippen molar-refractivity contribution in [1.29, 1.82) is 0 Å². The Morgan fingerprint density at radius 2 is 1.77 bits per heavy atom. The van der Waals surface area contributed by atoms with Crippen LogP contribution in [0, 0.1) is 15.9 Å². The van der Waals surface area contributed by atoms with Gasteiger partial charge in [-0.05, 0) is 24.3 Å². The molecule has 0 heterocycles. The number of rotatable bonds is 4. The minimum Gasteiger partial charge on any atom is -0.389 e. The van der Waals surface area contributed by atoms with Gasteiger partial charge in [0.1, 0.15) is 4.99 Å². The van der Waals surface area contributed by atoms with E-state index in [0.29, 0.717) is 11.1 Å². The number of carbonyl (C=O) groups excluding carboxylic acids is 1. The first-order valence-corrected chi connectivity index (χ1v) is 6.44. The van der Waals surface area contributed by atoms with Crippen molar-refractivity contribution in [2.75, 3.05) is 5.32 Å². The van der Waals surface area contributed by atoms with Crippen molar-refractivity contribution < 1.29 is 14.1 Å². The fourth-order valence-electron chi connectivity index (χ4n) is 1.72. The van der Waals surface area contributed by atoms with E-state index in [1.807, 2.05) is 0 Å². The Kier molecular flexibility index (Phi) is 4.42. The van der Waals surface area contributed by atoms with Gasteiger partial charge in [0, 0.05) is 22.9 Å². The Balaban J connectivity index is 2.20. The van der Waals surface area contributed by atoms with E-state index < -0.39 is 22.3 Å². The van der Waals surface area contributed by atoms with Crippen LogP contribution < -0.4 is 11.1 Å². The van der Waals surface area contributed by atoms with Gasteiger partial charge in [0.15, 0.2) is 0 Å². The number of halogens is 1. The highest BCUT2D eigenvalue weighted by Gasteiger charge is 2.15. The van der Waals surface area contributed by atoms with Crippen LogP contribution in [-0.4, -0.2) is 15.8 Å². The summed E-state index contributed by atoms with van der Waals surface area (Å²) in [5.74, 6) is -1.46. The summed E-state index contributed by atoms with van der Waals surface area (Å²) in [6.45, 7) is 0. The van der Waals surface area contributed by atoms with Crippen LogP contribution in [-0.2, 0) is 0 Å². The number of carbonyl (C=O) groups is 1. The number of nitro groups is 1. The lowest BCUT2D eigenvalue weighted by Crippen LogP contribution is -2.13. The van der Waals surface area contributed by atoms with Gasteiger partial charge in [0.2, 0.25) is 5.82 Å². The highest BCUT2D eigenvalue weighted by molar-refractivity contribution is 7.80. The van der Waals surface area contributed by atoms with Crippen molar-refractivity contribution in [2.24, 2.45) is 5.73 Å². The standard InChI is InChI=1S/C14H10FN3O3S/c15-11-6-5-10(7-12(11)18(20)21)17-14(19)9-3-1-8(2-4-9)13(16)22/h1-7H,(H2,16,22)(H,17,19). The Morgan fingerprint density at radius 1 is 1.18 bits per heavy atom. The van der Waals surface area contributed by atoms with Gasteiger partial charge >= 0.3 is 5.69 Å². The molecule has 0 unspecified atom stereocenters. The number of nitro benzene ring substituents is 1. The number of nitrogens with zero attached hydrogens (tertiary/aromatic N) is 1. The molecule has 2 aromatic carbocycles. The summed E-state index contributed by atoms with van der Waals surface area (Å²) in [5.41, 5.74) is 5.80. The summed E-state index contributed by atoms with van der Waals surface area (Å²) in [6, 6.07) is 9.32. The molecule has 0 saturated heterocycles. The van der Waals surface area contributed by atoms with E-state index in [4.69, 9.17) is 18.0 Å². The highest BCUT2D eigenvalue weighted by Crippen LogP contribution is 2.22. The molecule has 0 bridgehead atoms. The number of nitrogens with two attached hydrogens (primary N) is 1. The second-order valence-corrected chi connectivity index (χ2v) is 4.76. The molecule has 0 saturated carbocycles. The smallest absolute Gasteiger partial charge is 0.306 e. The van der Waals surface area contributed by atoms with Crippen LogP contribution in [0.1, 0.15) is 15.9 Å². The number of nitrogens with one attached hydrogen (secondary N) is 1. The molecular formula is C14H10FN3O3S. The van der Waals surface area contributed by atoms with Crippen LogP contribution in [0.4, 0.5) is 15.8 Å². The van der Waals surface area contributed by atoms with E-state index in [2.05, 4.69) is 5.32 Å². The molecule has 0 fully saturated rings. The van der Waals surface area contributed by atoms with E-state index in [1.54, 1.807) is 12.1 Å². The molecule has 112 valence electrons. The Morgan fingerprint density at radius 3 is 2.32 bits per heavy atom. The van der Waals surface area contributed by atoms with E-state index in [1.165, 1.54) is 18.2 Å². The normalized spacial score (nSPS) is 10.0. The van der Waals surface area contributed by atoms with Crippen molar-refractivity contribution in [2.45, 2.75) is 0 Å². The lowest BCUT2D eigenvalue weighted by atomic mass is 10.1. The topological polar surface area (TPSA) is 98.3 Å². The second-order valence-electron chi connectivity index (χ2n) is 4.32. The Labute approximate surface area is 129 Å². The number of benzene rings is 2. The molecule has 0 aliphatic carbocycles.